The average molecular weight is 641 g/mol. The Hall–Kier alpha value is -3.52. The molecule has 0 bridgehead atoms. The number of hydrogen-bond donors (Lipinski definition) is 0. The van der Waals surface area contributed by atoms with E-state index in [9.17, 15) is 26.3 Å². The van der Waals surface area contributed by atoms with Crippen molar-refractivity contribution in [2.75, 3.05) is 51.7 Å². The Kier molecular flexibility index (Phi) is 9.28. The molecule has 0 radical (unpaired) electrons. The van der Waals surface area contributed by atoms with Gasteiger partial charge in [-0.05, 0) is 83.6 Å². The van der Waals surface area contributed by atoms with Crippen LogP contribution in [0.25, 0.3) is 11.3 Å². The van der Waals surface area contributed by atoms with Crippen molar-refractivity contribution in [2.45, 2.75) is 57.4 Å². The lowest BCUT2D eigenvalue weighted by Crippen LogP contribution is -2.48. The highest BCUT2D eigenvalue weighted by Gasteiger charge is 2.43. The molecule has 4 heterocycles. The largest absolute Gasteiger partial charge is 0.433 e. The molecule has 0 N–H and O–H groups in total. The van der Waals surface area contributed by atoms with E-state index in [2.05, 4.69) is 29.5 Å². The maximum absolute atomic E-state index is 15.0. The zero-order valence-electron chi connectivity index (χ0n) is 25.4. The van der Waals surface area contributed by atoms with Gasteiger partial charge in [-0.15, -0.1) is 0 Å². The molecule has 5 rings (SSSR count). The van der Waals surface area contributed by atoms with Gasteiger partial charge in [0.15, 0.2) is 17.4 Å². The highest BCUT2D eigenvalue weighted by Crippen LogP contribution is 2.44. The van der Waals surface area contributed by atoms with Crippen molar-refractivity contribution in [1.29, 1.82) is 0 Å². The van der Waals surface area contributed by atoms with E-state index in [1.807, 2.05) is 14.1 Å². The fourth-order valence-electron chi connectivity index (χ4n) is 5.78. The Morgan fingerprint density at radius 2 is 1.76 bits per heavy atom. The molecule has 0 aliphatic carbocycles. The number of likely N-dealkylation sites (N-methyl/N-ethyl adjacent to an activating group) is 1. The molecule has 7 nitrogen and oxygen atoms in total. The molecule has 1 fully saturated rings. The maximum atomic E-state index is 15.0. The lowest BCUT2D eigenvalue weighted by atomic mass is 9.88. The fraction of sp³-hybridized carbons (Fsp3) is 0.516. The minimum absolute atomic E-state index is 0.00101. The summed E-state index contributed by atoms with van der Waals surface area (Å²) in [5.74, 6) is -3.06. The van der Waals surface area contributed by atoms with Crippen molar-refractivity contribution < 1.29 is 35.5 Å². The van der Waals surface area contributed by atoms with Crippen molar-refractivity contribution in [2.24, 2.45) is 0 Å². The zero-order valence-corrected chi connectivity index (χ0v) is 25.4. The number of ether oxygens (including phenoxy) is 1. The number of rotatable bonds is 8. The summed E-state index contributed by atoms with van der Waals surface area (Å²) in [6.07, 6.45) is -6.58. The highest BCUT2D eigenvalue weighted by molar-refractivity contribution is 5.72. The number of alkyl halides is 5. The Morgan fingerprint density at radius 3 is 2.40 bits per heavy atom. The van der Waals surface area contributed by atoms with Gasteiger partial charge in [-0.2, -0.15) is 22.0 Å². The molecule has 14 heteroatoms. The molecule has 0 amide bonds. The molecule has 244 valence electrons. The number of halogens is 7. The van der Waals surface area contributed by atoms with E-state index in [4.69, 9.17) is 0 Å². The van der Waals surface area contributed by atoms with Crippen LogP contribution in [0.2, 0.25) is 0 Å². The predicted octanol–water partition coefficient (Wildman–Crippen LogP) is 6.37. The normalized spacial score (nSPS) is 17.6. The molecular weight excluding hydrogens is 605 g/mol. The van der Waals surface area contributed by atoms with Gasteiger partial charge in [0.1, 0.15) is 23.8 Å². The van der Waals surface area contributed by atoms with Crippen LogP contribution in [0, 0.1) is 11.6 Å². The molecule has 0 saturated carbocycles. The van der Waals surface area contributed by atoms with E-state index in [0.717, 1.165) is 25.4 Å². The summed E-state index contributed by atoms with van der Waals surface area (Å²) >= 11 is 0. The van der Waals surface area contributed by atoms with Gasteiger partial charge in [-0.3, -0.25) is 0 Å². The fourth-order valence-corrected chi connectivity index (χ4v) is 5.78. The lowest BCUT2D eigenvalue weighted by Gasteiger charge is -2.38. The van der Waals surface area contributed by atoms with Crippen LogP contribution in [0.1, 0.15) is 55.4 Å². The summed E-state index contributed by atoms with van der Waals surface area (Å²) in [5, 5.41) is 0. The number of piperidine rings is 1. The first-order chi connectivity index (χ1) is 21.1. The lowest BCUT2D eigenvalue weighted by molar-refractivity contribution is -0.174. The van der Waals surface area contributed by atoms with E-state index >= 15 is 4.39 Å². The SMILES string of the molecule is CC(C)N1CC(F)(F)Oc2c(F)cc(-c3nc(Cc4ccc(C5CCN(CCN(C)C)CC5)c(C(F)(F)F)n4)ncc3F)cc21. The third-order valence-corrected chi connectivity index (χ3v) is 8.11. The van der Waals surface area contributed by atoms with Crippen LogP contribution < -0.4 is 9.64 Å². The Morgan fingerprint density at radius 1 is 1.04 bits per heavy atom. The van der Waals surface area contributed by atoms with E-state index in [-0.39, 0.29) is 46.4 Å². The topological polar surface area (TPSA) is 57.6 Å². The summed E-state index contributed by atoms with van der Waals surface area (Å²) in [4.78, 5) is 17.6. The van der Waals surface area contributed by atoms with E-state index < -0.39 is 47.9 Å². The monoisotopic (exact) mass is 640 g/mol. The number of fused-ring (bicyclic) bond motifs is 1. The van der Waals surface area contributed by atoms with E-state index in [0.29, 0.717) is 25.9 Å². The quantitative estimate of drug-likeness (QED) is 0.266. The number of anilines is 1. The minimum Gasteiger partial charge on any atom is -0.426 e. The van der Waals surface area contributed by atoms with Gasteiger partial charge >= 0.3 is 12.3 Å². The van der Waals surface area contributed by atoms with Crippen molar-refractivity contribution >= 4 is 5.69 Å². The Labute approximate surface area is 257 Å². The minimum atomic E-state index is -4.69. The van der Waals surface area contributed by atoms with Gasteiger partial charge in [-0.25, -0.2) is 23.7 Å². The summed E-state index contributed by atoms with van der Waals surface area (Å²) in [5.41, 5.74) is -1.19. The second-order valence-electron chi connectivity index (χ2n) is 12.1. The Balaban J connectivity index is 1.41. The van der Waals surface area contributed by atoms with Crippen LogP contribution >= 0.6 is 0 Å². The molecule has 3 aromatic rings. The average Bonchev–Trinajstić information content (AvgIpc) is 2.96. The number of nitrogens with zero attached hydrogens (tertiary/aromatic N) is 6. The molecule has 2 aromatic heterocycles. The molecule has 45 heavy (non-hydrogen) atoms. The number of pyridine rings is 1. The predicted molar refractivity (Wildman–Crippen MR) is 154 cm³/mol. The van der Waals surface area contributed by atoms with Crippen molar-refractivity contribution in [3.63, 3.8) is 0 Å². The van der Waals surface area contributed by atoms with Gasteiger partial charge in [0.2, 0.25) is 0 Å². The van der Waals surface area contributed by atoms with E-state index in [1.165, 1.54) is 23.1 Å². The van der Waals surface area contributed by atoms with E-state index in [1.54, 1.807) is 13.8 Å². The van der Waals surface area contributed by atoms with Crippen LogP contribution in [0.4, 0.5) is 36.4 Å². The second kappa shape index (κ2) is 12.7. The molecule has 1 aromatic carbocycles. The van der Waals surface area contributed by atoms with Crippen molar-refractivity contribution in [3.8, 4) is 17.0 Å². The van der Waals surface area contributed by atoms with Crippen LogP contribution in [0.5, 0.6) is 5.75 Å². The first kappa shape index (κ1) is 32.9. The zero-order chi connectivity index (χ0) is 32.7. The van der Waals surface area contributed by atoms with Gasteiger partial charge in [0, 0.05) is 30.4 Å². The van der Waals surface area contributed by atoms with Gasteiger partial charge < -0.3 is 19.4 Å². The standard InChI is InChI=1S/C31H35F7N6O/c1-18(2)44-17-30(34,35)45-28-23(32)13-20(14-25(28)44)27-24(33)16-39-26(41-27)15-21-5-6-22(29(40-21)31(36,37)38)19-7-9-43(10-8-19)12-11-42(3)4/h5-6,13-14,16,18-19H,7-12,15,17H2,1-4H3. The molecule has 1 saturated heterocycles. The van der Waals surface area contributed by atoms with Crippen LogP contribution in [-0.4, -0.2) is 83.7 Å². The van der Waals surface area contributed by atoms with Crippen molar-refractivity contribution in [3.05, 3.63) is 64.9 Å². The third kappa shape index (κ3) is 7.49. The molecule has 2 aliphatic heterocycles. The smallest absolute Gasteiger partial charge is 0.426 e. The second-order valence-corrected chi connectivity index (χ2v) is 12.1. The third-order valence-electron chi connectivity index (χ3n) is 8.11. The number of hydrogen-bond acceptors (Lipinski definition) is 7. The number of benzene rings is 1. The summed E-state index contributed by atoms with van der Waals surface area (Å²) in [6, 6.07) is 4.60. The Bertz CT molecular complexity index is 1520. The van der Waals surface area contributed by atoms with Crippen LogP contribution in [-0.2, 0) is 12.6 Å². The summed E-state index contributed by atoms with van der Waals surface area (Å²) in [6.45, 7) is 5.54. The molecule has 0 atom stereocenters. The summed E-state index contributed by atoms with van der Waals surface area (Å²) < 4.78 is 105. The van der Waals surface area contributed by atoms with Crippen LogP contribution in [0.3, 0.4) is 0 Å². The first-order valence-electron chi connectivity index (χ1n) is 14.7. The van der Waals surface area contributed by atoms with Gasteiger partial charge in [-0.1, -0.05) is 6.07 Å². The first-order valence-corrected chi connectivity index (χ1v) is 14.7. The van der Waals surface area contributed by atoms with Gasteiger partial charge in [0.05, 0.1) is 18.3 Å². The number of aromatic nitrogens is 3. The molecular formula is C31H35F7N6O. The molecule has 2 aliphatic rings. The maximum Gasteiger partial charge on any atom is 0.433 e. The molecule has 0 spiro atoms. The number of likely N-dealkylation sites (tertiary alicyclic amines) is 1. The van der Waals surface area contributed by atoms with Crippen molar-refractivity contribution in [1.82, 2.24) is 24.8 Å². The van der Waals surface area contributed by atoms with Crippen LogP contribution in [0.15, 0.2) is 30.5 Å². The van der Waals surface area contributed by atoms with Gasteiger partial charge in [0.25, 0.3) is 0 Å². The summed E-state index contributed by atoms with van der Waals surface area (Å²) in [7, 11) is 3.95. The molecule has 0 unspecified atom stereocenters. The highest BCUT2D eigenvalue weighted by atomic mass is 19.4.